The first-order chi connectivity index (χ1) is 8.90. The number of nitrogens with one attached hydrogen (secondary N) is 1. The summed E-state index contributed by atoms with van der Waals surface area (Å²) in [6.07, 6.45) is 1.63. The zero-order valence-corrected chi connectivity index (χ0v) is 12.9. The Morgan fingerprint density at radius 1 is 1.47 bits per heavy atom. The minimum atomic E-state index is -0.169. The van der Waals surface area contributed by atoms with Gasteiger partial charge in [-0.05, 0) is 42.8 Å². The molecular formula is C13H16BrN3O2. The van der Waals surface area contributed by atoms with Crippen molar-refractivity contribution in [2.75, 3.05) is 5.32 Å². The molecule has 5 nitrogen and oxygen atoms in total. The standard InChI is InChI=1S/C13H16BrN3O2/c1-7-5-10(9(3)19-7)8(2)16-11-6-15-17(4)13(18)12(11)14/h5-6,8,16H,1-4H3. The van der Waals surface area contributed by atoms with Gasteiger partial charge in [0.15, 0.2) is 0 Å². The van der Waals surface area contributed by atoms with Crippen molar-refractivity contribution in [2.45, 2.75) is 26.8 Å². The minimum Gasteiger partial charge on any atom is -0.466 e. The van der Waals surface area contributed by atoms with Gasteiger partial charge in [0.05, 0.1) is 17.9 Å². The third kappa shape index (κ3) is 2.73. The molecule has 2 aromatic rings. The van der Waals surface area contributed by atoms with Gasteiger partial charge in [0.2, 0.25) is 0 Å². The predicted octanol–water partition coefficient (Wildman–Crippen LogP) is 2.93. The fourth-order valence-corrected chi connectivity index (χ4v) is 2.48. The van der Waals surface area contributed by atoms with Crippen molar-refractivity contribution in [2.24, 2.45) is 7.05 Å². The van der Waals surface area contributed by atoms with Crippen molar-refractivity contribution in [1.82, 2.24) is 9.78 Å². The van der Waals surface area contributed by atoms with Gasteiger partial charge < -0.3 is 9.73 Å². The molecule has 0 saturated heterocycles. The number of furan rings is 1. The molecular weight excluding hydrogens is 310 g/mol. The number of hydrogen-bond acceptors (Lipinski definition) is 4. The second-order valence-corrected chi connectivity index (χ2v) is 5.33. The van der Waals surface area contributed by atoms with Crippen molar-refractivity contribution in [1.29, 1.82) is 0 Å². The van der Waals surface area contributed by atoms with Crippen LogP contribution in [0.25, 0.3) is 0 Å². The topological polar surface area (TPSA) is 60.1 Å². The van der Waals surface area contributed by atoms with Crippen molar-refractivity contribution >= 4 is 21.6 Å². The number of aromatic nitrogens is 2. The molecule has 1 unspecified atom stereocenters. The average molecular weight is 326 g/mol. The van der Waals surface area contributed by atoms with E-state index in [9.17, 15) is 4.79 Å². The number of aryl methyl sites for hydroxylation is 3. The molecule has 0 amide bonds. The predicted molar refractivity (Wildman–Crippen MR) is 77.4 cm³/mol. The van der Waals surface area contributed by atoms with Crippen LogP contribution in [0.3, 0.4) is 0 Å². The molecule has 1 N–H and O–H groups in total. The van der Waals surface area contributed by atoms with E-state index in [-0.39, 0.29) is 11.6 Å². The van der Waals surface area contributed by atoms with E-state index in [1.54, 1.807) is 13.2 Å². The van der Waals surface area contributed by atoms with Gasteiger partial charge in [-0.15, -0.1) is 0 Å². The normalized spacial score (nSPS) is 12.5. The van der Waals surface area contributed by atoms with E-state index in [0.717, 1.165) is 17.1 Å². The summed E-state index contributed by atoms with van der Waals surface area (Å²) in [5.41, 5.74) is 1.58. The summed E-state index contributed by atoms with van der Waals surface area (Å²) in [5, 5.41) is 7.27. The lowest BCUT2D eigenvalue weighted by atomic mass is 10.1. The van der Waals surface area contributed by atoms with Crippen molar-refractivity contribution in [3.63, 3.8) is 0 Å². The fourth-order valence-electron chi connectivity index (χ4n) is 2.00. The van der Waals surface area contributed by atoms with Crippen LogP contribution in [0.4, 0.5) is 5.69 Å². The molecule has 102 valence electrons. The maximum absolute atomic E-state index is 11.8. The molecule has 0 saturated carbocycles. The second kappa shape index (κ2) is 5.21. The summed E-state index contributed by atoms with van der Waals surface area (Å²) in [6.45, 7) is 5.86. The van der Waals surface area contributed by atoms with E-state index in [1.165, 1.54) is 4.68 Å². The van der Waals surface area contributed by atoms with Gasteiger partial charge in [0.1, 0.15) is 16.0 Å². The van der Waals surface area contributed by atoms with E-state index in [0.29, 0.717) is 10.2 Å². The lowest BCUT2D eigenvalue weighted by Crippen LogP contribution is -2.22. The first-order valence-corrected chi connectivity index (χ1v) is 6.74. The van der Waals surface area contributed by atoms with Gasteiger partial charge in [-0.2, -0.15) is 5.10 Å². The summed E-state index contributed by atoms with van der Waals surface area (Å²) in [5.74, 6) is 1.76. The van der Waals surface area contributed by atoms with Crippen LogP contribution in [0.2, 0.25) is 0 Å². The Morgan fingerprint density at radius 2 is 2.16 bits per heavy atom. The molecule has 0 aliphatic rings. The van der Waals surface area contributed by atoms with Crippen LogP contribution in [-0.2, 0) is 7.05 Å². The Morgan fingerprint density at radius 3 is 2.74 bits per heavy atom. The van der Waals surface area contributed by atoms with E-state index in [1.807, 2.05) is 26.8 Å². The molecule has 1 atom stereocenters. The first-order valence-electron chi connectivity index (χ1n) is 5.95. The van der Waals surface area contributed by atoms with Crippen molar-refractivity contribution in [3.8, 4) is 0 Å². The van der Waals surface area contributed by atoms with Crippen LogP contribution in [0.1, 0.15) is 30.0 Å². The van der Waals surface area contributed by atoms with Gasteiger partial charge in [-0.1, -0.05) is 0 Å². The van der Waals surface area contributed by atoms with Crippen LogP contribution in [0, 0.1) is 13.8 Å². The summed E-state index contributed by atoms with van der Waals surface area (Å²) in [7, 11) is 1.61. The summed E-state index contributed by atoms with van der Waals surface area (Å²) in [4.78, 5) is 11.8. The Balaban J connectivity index is 2.29. The maximum atomic E-state index is 11.8. The van der Waals surface area contributed by atoms with Gasteiger partial charge in [0, 0.05) is 12.6 Å². The van der Waals surface area contributed by atoms with Crippen LogP contribution < -0.4 is 10.9 Å². The molecule has 2 aromatic heterocycles. The number of halogens is 1. The second-order valence-electron chi connectivity index (χ2n) is 4.54. The van der Waals surface area contributed by atoms with Gasteiger partial charge in [-0.3, -0.25) is 4.79 Å². The van der Waals surface area contributed by atoms with Crippen molar-refractivity contribution in [3.05, 3.63) is 44.2 Å². The van der Waals surface area contributed by atoms with Crippen LogP contribution >= 0.6 is 15.9 Å². The lowest BCUT2D eigenvalue weighted by molar-refractivity contribution is 0.500. The molecule has 0 aliphatic heterocycles. The smallest absolute Gasteiger partial charge is 0.282 e. The third-order valence-electron chi connectivity index (χ3n) is 3.00. The number of nitrogens with zero attached hydrogens (tertiary/aromatic N) is 2. The van der Waals surface area contributed by atoms with E-state index in [2.05, 4.69) is 26.3 Å². The fraction of sp³-hybridized carbons (Fsp3) is 0.385. The molecule has 19 heavy (non-hydrogen) atoms. The maximum Gasteiger partial charge on any atom is 0.282 e. The zero-order valence-electron chi connectivity index (χ0n) is 11.3. The van der Waals surface area contributed by atoms with Crippen molar-refractivity contribution < 1.29 is 4.42 Å². The average Bonchev–Trinajstić information content (AvgIpc) is 2.69. The van der Waals surface area contributed by atoms with Crippen LogP contribution in [0.5, 0.6) is 0 Å². The largest absolute Gasteiger partial charge is 0.466 e. The Labute approximate surface area is 119 Å². The Hall–Kier alpha value is -1.56. The summed E-state index contributed by atoms with van der Waals surface area (Å²) < 4.78 is 7.28. The number of rotatable bonds is 3. The summed E-state index contributed by atoms with van der Waals surface area (Å²) >= 11 is 3.30. The number of anilines is 1. The third-order valence-corrected chi connectivity index (χ3v) is 3.76. The van der Waals surface area contributed by atoms with Gasteiger partial charge >= 0.3 is 0 Å². The molecule has 0 spiro atoms. The molecule has 0 aliphatic carbocycles. The molecule has 0 aromatic carbocycles. The highest BCUT2D eigenvalue weighted by Gasteiger charge is 2.15. The number of hydrogen-bond donors (Lipinski definition) is 1. The van der Waals surface area contributed by atoms with Crippen LogP contribution in [-0.4, -0.2) is 9.78 Å². The SMILES string of the molecule is Cc1cc(C(C)Nc2cnn(C)c(=O)c2Br)c(C)o1. The van der Waals surface area contributed by atoms with E-state index >= 15 is 0 Å². The monoisotopic (exact) mass is 325 g/mol. The Bertz CT molecular complexity index is 660. The zero-order chi connectivity index (χ0) is 14.2. The molecule has 2 heterocycles. The first kappa shape index (κ1) is 13.9. The molecule has 6 heteroatoms. The highest BCUT2D eigenvalue weighted by Crippen LogP contribution is 2.26. The summed E-state index contributed by atoms with van der Waals surface area (Å²) in [6, 6.07) is 2.03. The minimum absolute atomic E-state index is 0.0302. The highest BCUT2D eigenvalue weighted by atomic mass is 79.9. The lowest BCUT2D eigenvalue weighted by Gasteiger charge is -2.15. The molecule has 0 fully saturated rings. The highest BCUT2D eigenvalue weighted by molar-refractivity contribution is 9.10. The molecule has 0 bridgehead atoms. The van der Waals surface area contributed by atoms with Gasteiger partial charge in [0.25, 0.3) is 5.56 Å². The molecule has 2 rings (SSSR count). The quantitative estimate of drug-likeness (QED) is 0.942. The Kier molecular flexibility index (Phi) is 3.80. The van der Waals surface area contributed by atoms with Gasteiger partial charge in [-0.25, -0.2) is 4.68 Å². The van der Waals surface area contributed by atoms with E-state index < -0.39 is 0 Å². The van der Waals surface area contributed by atoms with E-state index in [4.69, 9.17) is 4.42 Å². The van der Waals surface area contributed by atoms with Crippen LogP contribution in [0.15, 0.2) is 25.9 Å². The molecule has 0 radical (unpaired) electrons.